The summed E-state index contributed by atoms with van der Waals surface area (Å²) in [7, 11) is 0. The fraction of sp³-hybridized carbons (Fsp3) is 0.600. The zero-order valence-corrected chi connectivity index (χ0v) is 17.9. The molecule has 5 nitrogen and oxygen atoms in total. The van der Waals surface area contributed by atoms with Crippen molar-refractivity contribution >= 4 is 53.5 Å². The van der Waals surface area contributed by atoms with Crippen LogP contribution < -0.4 is 4.74 Å². The van der Waals surface area contributed by atoms with E-state index in [0.29, 0.717) is 27.9 Å². The standard InChI is InChI=1S/C15H20Br3NO4/c1-3-15(2,10-16)23-7-5-4-6-22-14-12(17)8-11(19(20)21)9-13(14)18/h8-9H,3-7,10H2,1-2H3. The number of ether oxygens (including phenoxy) is 2. The van der Waals surface area contributed by atoms with Crippen molar-refractivity contribution in [3.8, 4) is 5.75 Å². The fourth-order valence-corrected chi connectivity index (χ4v) is 3.67. The first kappa shape index (κ1) is 20.9. The van der Waals surface area contributed by atoms with Crippen molar-refractivity contribution in [3.05, 3.63) is 31.2 Å². The van der Waals surface area contributed by atoms with Crippen LogP contribution in [0.3, 0.4) is 0 Å². The molecule has 0 radical (unpaired) electrons. The molecule has 0 N–H and O–H groups in total. The summed E-state index contributed by atoms with van der Waals surface area (Å²) in [4.78, 5) is 10.3. The minimum absolute atomic E-state index is 0.0122. The molecule has 130 valence electrons. The molecule has 0 fully saturated rings. The average molecular weight is 518 g/mol. The van der Waals surface area contributed by atoms with Crippen LogP contribution in [-0.2, 0) is 4.74 Å². The smallest absolute Gasteiger partial charge is 0.271 e. The molecule has 0 heterocycles. The van der Waals surface area contributed by atoms with E-state index in [2.05, 4.69) is 61.6 Å². The molecule has 0 spiro atoms. The number of benzene rings is 1. The summed E-state index contributed by atoms with van der Waals surface area (Å²) in [6.45, 7) is 5.40. The van der Waals surface area contributed by atoms with E-state index in [4.69, 9.17) is 9.47 Å². The Bertz CT molecular complexity index is 512. The van der Waals surface area contributed by atoms with Crippen molar-refractivity contribution in [2.45, 2.75) is 38.7 Å². The van der Waals surface area contributed by atoms with Gasteiger partial charge in [-0.2, -0.15) is 0 Å². The van der Waals surface area contributed by atoms with E-state index in [0.717, 1.165) is 24.6 Å². The minimum Gasteiger partial charge on any atom is -0.491 e. The molecule has 0 aliphatic rings. The Hall–Kier alpha value is -0.180. The summed E-state index contributed by atoms with van der Waals surface area (Å²) in [5.41, 5.74) is -0.108. The predicted octanol–water partition coefficient (Wildman–Crippen LogP) is 5.86. The van der Waals surface area contributed by atoms with Gasteiger partial charge in [0.25, 0.3) is 5.69 Å². The van der Waals surface area contributed by atoms with Gasteiger partial charge >= 0.3 is 0 Å². The molecule has 8 heteroatoms. The van der Waals surface area contributed by atoms with E-state index in [1.54, 1.807) is 0 Å². The Kier molecular flexibility index (Phi) is 9.03. The zero-order chi connectivity index (χ0) is 17.5. The molecule has 0 aliphatic heterocycles. The van der Waals surface area contributed by atoms with Gasteiger partial charge in [0.15, 0.2) is 0 Å². The maximum absolute atomic E-state index is 10.8. The molecule has 0 bridgehead atoms. The summed E-state index contributed by atoms with van der Waals surface area (Å²) in [6.07, 6.45) is 2.69. The maximum atomic E-state index is 10.8. The Labute approximate surface area is 161 Å². The molecule has 0 aromatic heterocycles. The number of nitro groups is 1. The van der Waals surface area contributed by atoms with E-state index in [1.165, 1.54) is 12.1 Å². The topological polar surface area (TPSA) is 61.6 Å². The van der Waals surface area contributed by atoms with Gasteiger partial charge in [-0.1, -0.05) is 22.9 Å². The number of non-ortho nitro benzene ring substituents is 1. The summed E-state index contributed by atoms with van der Waals surface area (Å²) in [5.74, 6) is 0.579. The third-order valence-corrected chi connectivity index (χ3v) is 5.82. The first-order chi connectivity index (χ1) is 10.8. The number of halogens is 3. The highest BCUT2D eigenvalue weighted by Crippen LogP contribution is 2.37. The Balaban J connectivity index is 2.41. The van der Waals surface area contributed by atoms with Gasteiger partial charge in [-0.05, 0) is 58.0 Å². The molecule has 23 heavy (non-hydrogen) atoms. The molecule has 1 atom stereocenters. The molecule has 1 aromatic carbocycles. The van der Waals surface area contributed by atoms with Crippen LogP contribution in [0.4, 0.5) is 5.69 Å². The lowest BCUT2D eigenvalue weighted by atomic mass is 10.1. The zero-order valence-electron chi connectivity index (χ0n) is 13.1. The lowest BCUT2D eigenvalue weighted by Crippen LogP contribution is -2.30. The van der Waals surface area contributed by atoms with Crippen molar-refractivity contribution in [1.29, 1.82) is 0 Å². The van der Waals surface area contributed by atoms with E-state index in [-0.39, 0.29) is 11.3 Å². The predicted molar refractivity (Wildman–Crippen MR) is 102 cm³/mol. The van der Waals surface area contributed by atoms with Crippen LogP contribution in [0, 0.1) is 10.1 Å². The molecular formula is C15H20Br3NO4. The molecule has 0 aliphatic carbocycles. The highest BCUT2D eigenvalue weighted by Gasteiger charge is 2.20. The molecule has 0 saturated carbocycles. The number of nitrogens with zero attached hydrogens (tertiary/aromatic N) is 1. The summed E-state index contributed by atoms with van der Waals surface area (Å²) < 4.78 is 12.7. The number of rotatable bonds is 10. The average Bonchev–Trinajstić information content (AvgIpc) is 2.52. The van der Waals surface area contributed by atoms with Gasteiger partial charge in [-0.3, -0.25) is 10.1 Å². The molecule has 0 amide bonds. The first-order valence-electron chi connectivity index (χ1n) is 7.29. The Morgan fingerprint density at radius 3 is 2.26 bits per heavy atom. The van der Waals surface area contributed by atoms with E-state index < -0.39 is 4.92 Å². The van der Waals surface area contributed by atoms with E-state index in [1.807, 2.05) is 0 Å². The monoisotopic (exact) mass is 515 g/mol. The molecule has 1 unspecified atom stereocenters. The largest absolute Gasteiger partial charge is 0.491 e. The van der Waals surface area contributed by atoms with Crippen LogP contribution in [0.2, 0.25) is 0 Å². The van der Waals surface area contributed by atoms with Crippen molar-refractivity contribution < 1.29 is 14.4 Å². The lowest BCUT2D eigenvalue weighted by molar-refractivity contribution is -0.385. The van der Waals surface area contributed by atoms with Crippen molar-refractivity contribution in [1.82, 2.24) is 0 Å². The maximum Gasteiger partial charge on any atom is 0.271 e. The van der Waals surface area contributed by atoms with Crippen LogP contribution >= 0.6 is 47.8 Å². The van der Waals surface area contributed by atoms with Crippen LogP contribution in [-0.4, -0.2) is 29.1 Å². The Morgan fingerprint density at radius 2 is 1.78 bits per heavy atom. The molecule has 1 rings (SSSR count). The minimum atomic E-state index is -0.439. The number of hydrogen-bond donors (Lipinski definition) is 0. The summed E-state index contributed by atoms with van der Waals surface area (Å²) in [5, 5.41) is 11.6. The number of unbranched alkanes of at least 4 members (excludes halogenated alkanes) is 1. The Morgan fingerprint density at radius 1 is 1.22 bits per heavy atom. The molecule has 1 aromatic rings. The van der Waals surface area contributed by atoms with Crippen LogP contribution in [0.1, 0.15) is 33.1 Å². The summed E-state index contributed by atoms with van der Waals surface area (Å²) in [6, 6.07) is 2.87. The van der Waals surface area contributed by atoms with Crippen LogP contribution in [0.5, 0.6) is 5.75 Å². The highest BCUT2D eigenvalue weighted by molar-refractivity contribution is 9.11. The van der Waals surface area contributed by atoms with Gasteiger partial charge in [-0.25, -0.2) is 0 Å². The quantitative estimate of drug-likeness (QED) is 0.169. The van der Waals surface area contributed by atoms with Gasteiger partial charge in [0.1, 0.15) is 5.75 Å². The van der Waals surface area contributed by atoms with Crippen molar-refractivity contribution in [2.75, 3.05) is 18.5 Å². The van der Waals surface area contributed by atoms with Gasteiger partial charge in [-0.15, -0.1) is 0 Å². The molecule has 0 saturated heterocycles. The normalized spacial score (nSPS) is 13.6. The van der Waals surface area contributed by atoms with E-state index >= 15 is 0 Å². The third-order valence-electron chi connectivity index (χ3n) is 3.46. The number of nitro benzene ring substituents is 1. The molecular weight excluding hydrogens is 498 g/mol. The van der Waals surface area contributed by atoms with Crippen molar-refractivity contribution in [2.24, 2.45) is 0 Å². The summed E-state index contributed by atoms with van der Waals surface area (Å²) >= 11 is 10.1. The second-order valence-electron chi connectivity index (χ2n) is 5.34. The highest BCUT2D eigenvalue weighted by atomic mass is 79.9. The van der Waals surface area contributed by atoms with Gasteiger partial charge in [0.2, 0.25) is 0 Å². The van der Waals surface area contributed by atoms with E-state index in [9.17, 15) is 10.1 Å². The van der Waals surface area contributed by atoms with Crippen LogP contribution in [0.25, 0.3) is 0 Å². The van der Waals surface area contributed by atoms with Gasteiger partial charge in [0, 0.05) is 24.1 Å². The third kappa shape index (κ3) is 6.68. The SMILES string of the molecule is CCC(C)(CBr)OCCCCOc1c(Br)cc([N+](=O)[O-])cc1Br. The number of hydrogen-bond acceptors (Lipinski definition) is 4. The first-order valence-corrected chi connectivity index (χ1v) is 10.00. The van der Waals surface area contributed by atoms with Crippen LogP contribution in [0.15, 0.2) is 21.1 Å². The fourth-order valence-electron chi connectivity index (χ4n) is 1.72. The van der Waals surface area contributed by atoms with Gasteiger partial charge < -0.3 is 9.47 Å². The number of alkyl halides is 1. The second kappa shape index (κ2) is 9.96. The van der Waals surface area contributed by atoms with Gasteiger partial charge in [0.05, 0.1) is 26.1 Å². The second-order valence-corrected chi connectivity index (χ2v) is 7.61. The van der Waals surface area contributed by atoms with Crippen molar-refractivity contribution in [3.63, 3.8) is 0 Å². The lowest BCUT2D eigenvalue weighted by Gasteiger charge is -2.26.